The molecule has 0 saturated carbocycles. The maximum absolute atomic E-state index is 7.99. The molecule has 3 rings (SSSR count). The van der Waals surface area contributed by atoms with Crippen molar-refractivity contribution in [3.05, 3.63) is 70.7 Å². The Morgan fingerprint density at radius 3 is 2.68 bits per heavy atom. The molecule has 5 nitrogen and oxygen atoms in total. The molecule has 1 atom stereocenters. The highest BCUT2D eigenvalue weighted by atomic mass is 35.5. The van der Waals surface area contributed by atoms with E-state index in [0.717, 1.165) is 29.8 Å². The Hall–Kier alpha value is -2.12. The van der Waals surface area contributed by atoms with Gasteiger partial charge in [0.05, 0.1) is 0 Å². The molecule has 0 aliphatic rings. The molecule has 1 heterocycles. The smallest absolute Gasteiger partial charge is 0.239 e. The molecule has 2 aromatic carbocycles. The van der Waals surface area contributed by atoms with E-state index in [0.29, 0.717) is 33.9 Å². The van der Waals surface area contributed by atoms with Gasteiger partial charge in [0.15, 0.2) is 5.16 Å². The number of nitrogens with zero attached hydrogens (tertiary/aromatic N) is 2. The van der Waals surface area contributed by atoms with Gasteiger partial charge in [-0.3, -0.25) is 5.32 Å². The summed E-state index contributed by atoms with van der Waals surface area (Å²) in [5, 5.41) is 14.4. The van der Waals surface area contributed by atoms with Gasteiger partial charge in [0.25, 0.3) is 0 Å². The number of thioether (sulfide) groups is 1. The Balaban J connectivity index is 1.87. The predicted octanol–water partition coefficient (Wildman–Crippen LogP) is 5.94. The van der Waals surface area contributed by atoms with Crippen molar-refractivity contribution in [3.8, 4) is 0 Å². The van der Waals surface area contributed by atoms with Gasteiger partial charge in [-0.05, 0) is 30.2 Å². The molecule has 0 radical (unpaired) electrons. The topological polar surface area (TPSA) is 78.3 Å². The van der Waals surface area contributed by atoms with Gasteiger partial charge in [0.1, 0.15) is 23.3 Å². The summed E-state index contributed by atoms with van der Waals surface area (Å²) in [5.74, 6) is 2.23. The number of hydrogen-bond donors (Lipinski definition) is 3. The van der Waals surface area contributed by atoms with Gasteiger partial charge >= 0.3 is 0 Å². The first-order valence-electron chi connectivity index (χ1n) is 10.2. The van der Waals surface area contributed by atoms with Gasteiger partial charge in [-0.25, -0.2) is 4.98 Å². The highest BCUT2D eigenvalue weighted by Crippen LogP contribution is 2.27. The second-order valence-electron chi connectivity index (χ2n) is 6.95. The number of quaternary nitrogens is 1. The lowest BCUT2D eigenvalue weighted by atomic mass is 10.1. The largest absolute Gasteiger partial charge is 0.339 e. The van der Waals surface area contributed by atoms with Crippen molar-refractivity contribution in [1.29, 1.82) is 5.41 Å². The second kappa shape index (κ2) is 12.1. The van der Waals surface area contributed by atoms with Crippen molar-refractivity contribution in [3.63, 3.8) is 0 Å². The molecular formula is C23H26Cl2N5S+. The number of alkyl halides is 1. The van der Waals surface area contributed by atoms with Crippen LogP contribution in [0.5, 0.6) is 0 Å². The molecular weight excluding hydrogens is 449 g/mol. The van der Waals surface area contributed by atoms with Crippen LogP contribution in [0.15, 0.2) is 59.8 Å². The third-order valence-corrected chi connectivity index (χ3v) is 6.19. The molecule has 31 heavy (non-hydrogen) atoms. The van der Waals surface area contributed by atoms with E-state index in [1.807, 2.05) is 59.9 Å². The summed E-state index contributed by atoms with van der Waals surface area (Å²) in [5.41, 5.74) is 2.49. The normalized spacial score (nSPS) is 11.8. The summed E-state index contributed by atoms with van der Waals surface area (Å²) in [6.45, 7) is 2.76. The standard InChI is InChI=1S/C23H25Cl2N5S/c1-2-3-12-31-23-29-21(27-15-20(25)16-8-5-4-6-9-16)19(14-26)22(30-23)28-18-11-7-10-17(24)13-18/h4-11,13-14,20,26H,2-3,12,15H2,1H3,(H2,27,28,29,30)/p+1. The Labute approximate surface area is 197 Å². The molecule has 3 aromatic rings. The van der Waals surface area contributed by atoms with Crippen LogP contribution in [0.2, 0.25) is 5.02 Å². The van der Waals surface area contributed by atoms with Crippen LogP contribution >= 0.6 is 35.0 Å². The molecule has 0 aliphatic heterocycles. The molecule has 1 aromatic heterocycles. The molecule has 0 spiro atoms. The molecule has 162 valence electrons. The number of hydrogen-bond acceptors (Lipinski definition) is 5. The lowest BCUT2D eigenvalue weighted by molar-refractivity contribution is -0.575. The summed E-state index contributed by atoms with van der Waals surface area (Å²) in [7, 11) is 0. The number of rotatable bonds is 11. The van der Waals surface area contributed by atoms with Crippen molar-refractivity contribution >= 4 is 58.5 Å². The van der Waals surface area contributed by atoms with Crippen LogP contribution in [-0.2, 0) is 0 Å². The highest BCUT2D eigenvalue weighted by Gasteiger charge is 2.19. The van der Waals surface area contributed by atoms with Crippen LogP contribution in [0.3, 0.4) is 0 Å². The average molecular weight is 475 g/mol. The van der Waals surface area contributed by atoms with E-state index in [4.69, 9.17) is 33.6 Å². The monoisotopic (exact) mass is 474 g/mol. The SMILES string of the molecule is CCCCSc1nc(Nc2cccc(Cl)c2)c(C=N)c([NH2+]CC(Cl)c2ccccc2)n1. The molecule has 8 heteroatoms. The zero-order valence-corrected chi connectivity index (χ0v) is 19.6. The minimum atomic E-state index is -0.171. The van der Waals surface area contributed by atoms with Crippen molar-refractivity contribution in [1.82, 2.24) is 9.97 Å². The first kappa shape index (κ1) is 23.5. The van der Waals surface area contributed by atoms with Crippen molar-refractivity contribution in [2.45, 2.75) is 30.3 Å². The number of anilines is 2. The summed E-state index contributed by atoms with van der Waals surface area (Å²) in [6.07, 6.45) is 3.49. The fourth-order valence-corrected chi connectivity index (χ4v) is 4.31. The van der Waals surface area contributed by atoms with E-state index in [1.165, 1.54) is 6.21 Å². The number of nitrogens with two attached hydrogens (primary N) is 1. The molecule has 0 saturated heterocycles. The molecule has 1 unspecified atom stereocenters. The third kappa shape index (κ3) is 6.94. The summed E-state index contributed by atoms with van der Waals surface area (Å²) in [6, 6.07) is 17.4. The van der Waals surface area contributed by atoms with E-state index in [1.54, 1.807) is 11.8 Å². The van der Waals surface area contributed by atoms with Crippen LogP contribution in [0.1, 0.15) is 36.3 Å². The zero-order chi connectivity index (χ0) is 22.1. The molecule has 4 N–H and O–H groups in total. The molecule has 0 amide bonds. The molecule has 0 aliphatic carbocycles. The van der Waals surface area contributed by atoms with Gasteiger partial charge in [-0.1, -0.05) is 73.1 Å². The Morgan fingerprint density at radius 1 is 1.16 bits per heavy atom. The van der Waals surface area contributed by atoms with Gasteiger partial charge in [-0.2, -0.15) is 4.98 Å². The first-order valence-corrected chi connectivity index (χ1v) is 12.0. The van der Waals surface area contributed by atoms with E-state index in [9.17, 15) is 0 Å². The van der Waals surface area contributed by atoms with Crippen molar-refractivity contribution in [2.75, 3.05) is 17.6 Å². The quantitative estimate of drug-likeness (QED) is 0.105. The highest BCUT2D eigenvalue weighted by molar-refractivity contribution is 7.99. The maximum Gasteiger partial charge on any atom is 0.239 e. The van der Waals surface area contributed by atoms with E-state index in [-0.39, 0.29) is 5.38 Å². The summed E-state index contributed by atoms with van der Waals surface area (Å²) >= 11 is 14.4. The van der Waals surface area contributed by atoms with Gasteiger partial charge in [-0.15, -0.1) is 11.6 Å². The number of benzene rings is 2. The van der Waals surface area contributed by atoms with Gasteiger partial charge in [0, 0.05) is 22.7 Å². The maximum atomic E-state index is 7.99. The van der Waals surface area contributed by atoms with Crippen molar-refractivity contribution < 1.29 is 5.32 Å². The third-order valence-electron chi connectivity index (χ3n) is 4.59. The Morgan fingerprint density at radius 2 is 1.97 bits per heavy atom. The van der Waals surface area contributed by atoms with E-state index in [2.05, 4.69) is 17.2 Å². The summed E-state index contributed by atoms with van der Waals surface area (Å²) < 4.78 is 0. The van der Waals surface area contributed by atoms with Crippen LogP contribution in [0, 0.1) is 5.41 Å². The number of aromatic nitrogens is 2. The van der Waals surface area contributed by atoms with Crippen LogP contribution in [0.25, 0.3) is 0 Å². The van der Waals surface area contributed by atoms with E-state index >= 15 is 0 Å². The lowest BCUT2D eigenvalue weighted by Crippen LogP contribution is -2.79. The van der Waals surface area contributed by atoms with Crippen LogP contribution in [0.4, 0.5) is 17.3 Å². The van der Waals surface area contributed by atoms with E-state index < -0.39 is 0 Å². The second-order valence-corrected chi connectivity index (χ2v) is 8.98. The minimum Gasteiger partial charge on any atom is -0.339 e. The number of halogens is 2. The summed E-state index contributed by atoms with van der Waals surface area (Å²) in [4.78, 5) is 9.40. The number of nitrogens with one attached hydrogen (secondary N) is 2. The van der Waals surface area contributed by atoms with Crippen molar-refractivity contribution in [2.24, 2.45) is 0 Å². The average Bonchev–Trinajstić information content (AvgIpc) is 2.78. The van der Waals surface area contributed by atoms with Gasteiger partial charge in [0.2, 0.25) is 5.82 Å². The van der Waals surface area contributed by atoms with Gasteiger partial charge < -0.3 is 10.7 Å². The number of unbranched alkanes of at least 4 members (excludes halogenated alkanes) is 1. The molecule has 0 fully saturated rings. The van der Waals surface area contributed by atoms with Crippen LogP contribution < -0.4 is 10.6 Å². The fraction of sp³-hybridized carbons (Fsp3) is 0.261. The zero-order valence-electron chi connectivity index (χ0n) is 17.3. The minimum absolute atomic E-state index is 0.171. The lowest BCUT2D eigenvalue weighted by Gasteiger charge is -2.14. The first-order chi connectivity index (χ1) is 15.1. The molecule has 0 bridgehead atoms. The predicted molar refractivity (Wildman–Crippen MR) is 132 cm³/mol. The van der Waals surface area contributed by atoms with Crippen LogP contribution in [-0.4, -0.2) is 28.5 Å². The fourth-order valence-electron chi connectivity index (χ4n) is 2.95. The Kier molecular flexibility index (Phi) is 9.15. The Bertz CT molecular complexity index is 1000.